The number of carbonyl (C=O) groups is 5. The molecule has 2 atom stereocenters. The average Bonchev–Trinajstić information content (AvgIpc) is 3.36. The largest absolute Gasteiger partial charge is 0.480 e. The van der Waals surface area contributed by atoms with Gasteiger partial charge in [0.05, 0.1) is 6.54 Å². The molecular weight excluding hydrogens is 536 g/mol. The zero-order valence-electron chi connectivity index (χ0n) is 24.2. The Morgan fingerprint density at radius 3 is 2.50 bits per heavy atom. The summed E-state index contributed by atoms with van der Waals surface area (Å²) in [6.07, 6.45) is 12.4. The van der Waals surface area contributed by atoms with E-state index in [0.717, 1.165) is 31.3 Å². The summed E-state index contributed by atoms with van der Waals surface area (Å²) < 4.78 is 5.26. The van der Waals surface area contributed by atoms with E-state index in [1.165, 1.54) is 51.8 Å². The molecule has 1 heterocycles. The van der Waals surface area contributed by atoms with Crippen molar-refractivity contribution in [2.45, 2.75) is 104 Å². The van der Waals surface area contributed by atoms with Gasteiger partial charge >= 0.3 is 5.97 Å². The minimum atomic E-state index is -1.40. The molecule has 0 aliphatic heterocycles. The van der Waals surface area contributed by atoms with Gasteiger partial charge in [-0.1, -0.05) is 63.4 Å². The third-order valence-corrected chi connectivity index (χ3v) is 6.90. The lowest BCUT2D eigenvalue weighted by molar-refractivity contribution is -0.142. The Kier molecular flexibility index (Phi) is 15.9. The van der Waals surface area contributed by atoms with Gasteiger partial charge < -0.3 is 25.5 Å². The number of nitrogens with one attached hydrogen (secondary N) is 3. The summed E-state index contributed by atoms with van der Waals surface area (Å²) in [5, 5.41) is 16.7. The van der Waals surface area contributed by atoms with Crippen molar-refractivity contribution in [3.8, 4) is 0 Å². The van der Waals surface area contributed by atoms with Crippen LogP contribution in [0.25, 0.3) is 0 Å². The maximum Gasteiger partial charge on any atom is 0.325 e. The Bertz CT molecular complexity index is 1020. The first-order valence-electron chi connectivity index (χ1n) is 13.7. The highest BCUT2D eigenvalue weighted by Gasteiger charge is 2.32. The first-order chi connectivity index (χ1) is 18.9. The molecule has 0 saturated heterocycles. The highest BCUT2D eigenvalue weighted by Crippen LogP contribution is 2.14. The molecule has 0 aromatic carbocycles. The van der Waals surface area contributed by atoms with Gasteiger partial charge in [0.15, 0.2) is 10.8 Å². The number of nitrogens with zero attached hydrogens (tertiary/aromatic N) is 1. The highest BCUT2D eigenvalue weighted by molar-refractivity contribution is 8.13. The molecule has 0 aliphatic carbocycles. The van der Waals surface area contributed by atoms with Crippen molar-refractivity contribution in [3.63, 3.8) is 0 Å². The lowest BCUT2D eigenvalue weighted by atomic mass is 10.0. The van der Waals surface area contributed by atoms with Crippen LogP contribution >= 0.6 is 11.8 Å². The van der Waals surface area contributed by atoms with E-state index in [1.807, 2.05) is 19.1 Å². The molecule has 11 nitrogen and oxygen atoms in total. The third kappa shape index (κ3) is 14.3. The standard InChI is InChI=1S/C28H44N4O7S/c1-6-7-8-9-10-14-24(34)40-15-12-11-13-19(2)16-22(33)29-17-23-31-21(18-39-23)25(35)32-28(4,5)27(38)30-20(3)26(36)37/h11,13,18-20H,6-10,12,14-17H2,1-5H3,(H,29,33)(H,30,38)(H,32,35)(H,36,37)/b13-11+/t19-,20+/m1/s1. The second-order valence-electron chi connectivity index (χ2n) is 10.3. The normalized spacial score (nSPS) is 13.0. The van der Waals surface area contributed by atoms with Crippen molar-refractivity contribution in [2.75, 3.05) is 5.75 Å². The maximum atomic E-state index is 12.5. The van der Waals surface area contributed by atoms with E-state index < -0.39 is 29.4 Å². The quantitative estimate of drug-likeness (QED) is 0.140. The van der Waals surface area contributed by atoms with Crippen LogP contribution in [0.15, 0.2) is 22.8 Å². The molecule has 1 aromatic rings. The van der Waals surface area contributed by atoms with Gasteiger partial charge in [-0.15, -0.1) is 0 Å². The molecule has 0 saturated carbocycles. The molecule has 224 valence electrons. The summed E-state index contributed by atoms with van der Waals surface area (Å²) in [7, 11) is 0. The molecular formula is C28H44N4O7S. The van der Waals surface area contributed by atoms with E-state index in [0.29, 0.717) is 6.42 Å². The minimum Gasteiger partial charge on any atom is -0.480 e. The lowest BCUT2D eigenvalue weighted by Crippen LogP contribution is -2.57. The van der Waals surface area contributed by atoms with E-state index in [-0.39, 0.29) is 41.5 Å². The van der Waals surface area contributed by atoms with Gasteiger partial charge in [0.2, 0.25) is 17.7 Å². The number of carboxylic acid groups (broad SMARTS) is 1. The highest BCUT2D eigenvalue weighted by atomic mass is 32.2. The van der Waals surface area contributed by atoms with Crippen molar-refractivity contribution in [2.24, 2.45) is 5.92 Å². The van der Waals surface area contributed by atoms with Crippen LogP contribution in [0.3, 0.4) is 0 Å². The van der Waals surface area contributed by atoms with Crippen LogP contribution in [0.5, 0.6) is 0 Å². The van der Waals surface area contributed by atoms with Crippen LogP contribution in [0.1, 0.15) is 102 Å². The van der Waals surface area contributed by atoms with Crippen LogP contribution in [0.4, 0.5) is 0 Å². The van der Waals surface area contributed by atoms with Gasteiger partial charge in [-0.3, -0.25) is 24.0 Å². The summed E-state index contributed by atoms with van der Waals surface area (Å²) in [6, 6.07) is -1.12. The zero-order chi connectivity index (χ0) is 30.1. The van der Waals surface area contributed by atoms with Gasteiger partial charge in [0.25, 0.3) is 5.91 Å². The molecule has 4 N–H and O–H groups in total. The predicted octanol–water partition coefficient (Wildman–Crippen LogP) is 3.98. The van der Waals surface area contributed by atoms with E-state index in [1.54, 1.807) is 0 Å². The third-order valence-electron chi connectivity index (χ3n) is 5.94. The van der Waals surface area contributed by atoms with Crippen molar-refractivity contribution >= 4 is 40.6 Å². The lowest BCUT2D eigenvalue weighted by Gasteiger charge is -2.25. The number of unbranched alkanes of at least 4 members (excludes halogenated alkanes) is 4. The molecule has 0 radical (unpaired) electrons. The Morgan fingerprint density at radius 2 is 1.82 bits per heavy atom. The molecule has 0 bridgehead atoms. The van der Waals surface area contributed by atoms with Crippen molar-refractivity contribution in [1.29, 1.82) is 0 Å². The zero-order valence-corrected chi connectivity index (χ0v) is 25.0. The monoisotopic (exact) mass is 580 g/mol. The van der Waals surface area contributed by atoms with Crippen LogP contribution in [-0.2, 0) is 25.7 Å². The van der Waals surface area contributed by atoms with Crippen molar-refractivity contribution in [1.82, 2.24) is 20.9 Å². The number of rotatable bonds is 19. The number of carboxylic acids is 1. The summed E-state index contributed by atoms with van der Waals surface area (Å²) >= 11 is 1.37. The van der Waals surface area contributed by atoms with Crippen LogP contribution in [-0.4, -0.2) is 56.2 Å². The predicted molar refractivity (Wildman–Crippen MR) is 154 cm³/mol. The molecule has 0 fully saturated rings. The van der Waals surface area contributed by atoms with Gasteiger partial charge in [-0.05, 0) is 39.5 Å². The summed E-state index contributed by atoms with van der Waals surface area (Å²) in [5.41, 5.74) is -1.49. The number of oxazole rings is 1. The number of amides is 3. The fourth-order valence-corrected chi connectivity index (χ4v) is 4.23. The Morgan fingerprint density at radius 1 is 1.12 bits per heavy atom. The molecule has 0 unspecified atom stereocenters. The molecule has 3 amide bonds. The Labute approximate surface area is 240 Å². The topological polar surface area (TPSA) is 168 Å². The second-order valence-corrected chi connectivity index (χ2v) is 11.5. The number of hydrogen-bond acceptors (Lipinski definition) is 8. The van der Waals surface area contributed by atoms with Gasteiger partial charge in [-0.2, -0.15) is 0 Å². The van der Waals surface area contributed by atoms with E-state index in [4.69, 9.17) is 9.52 Å². The first-order valence-corrected chi connectivity index (χ1v) is 14.7. The van der Waals surface area contributed by atoms with Crippen molar-refractivity contribution in [3.05, 3.63) is 30.0 Å². The van der Waals surface area contributed by atoms with E-state index >= 15 is 0 Å². The van der Waals surface area contributed by atoms with Gasteiger partial charge in [0.1, 0.15) is 17.8 Å². The number of thioether (sulfide) groups is 1. The SMILES string of the molecule is CCCCCCCC(=O)SCC/C=C/[C@@H](C)CC(=O)NCc1nc(C(=O)NC(C)(C)C(=O)N[C@@H](C)C(=O)O)co1. The van der Waals surface area contributed by atoms with E-state index in [2.05, 4.69) is 27.9 Å². The van der Waals surface area contributed by atoms with Gasteiger partial charge in [-0.25, -0.2) is 4.98 Å². The molecule has 0 spiro atoms. The Balaban J connectivity index is 2.35. The molecule has 0 aliphatic rings. The number of aliphatic carboxylic acids is 1. The summed E-state index contributed by atoms with van der Waals surface area (Å²) in [6.45, 7) is 8.26. The maximum absolute atomic E-state index is 12.5. The van der Waals surface area contributed by atoms with Gasteiger partial charge in [0, 0.05) is 18.6 Å². The van der Waals surface area contributed by atoms with Crippen LogP contribution in [0, 0.1) is 5.92 Å². The molecule has 1 rings (SSSR count). The number of carbonyl (C=O) groups excluding carboxylic acids is 4. The van der Waals surface area contributed by atoms with E-state index in [9.17, 15) is 24.0 Å². The van der Waals surface area contributed by atoms with Crippen molar-refractivity contribution < 1.29 is 33.5 Å². The Hall–Kier alpha value is -3.15. The number of allylic oxidation sites excluding steroid dienone is 2. The summed E-state index contributed by atoms with van der Waals surface area (Å²) in [4.78, 5) is 64.0. The minimum absolute atomic E-state index is 0.00221. The fourth-order valence-electron chi connectivity index (χ4n) is 3.46. The van der Waals surface area contributed by atoms with Crippen LogP contribution < -0.4 is 16.0 Å². The fraction of sp³-hybridized carbons (Fsp3) is 0.643. The molecule has 1 aromatic heterocycles. The average molecular weight is 581 g/mol. The second kappa shape index (κ2) is 18.2. The number of aromatic nitrogens is 1. The molecule has 40 heavy (non-hydrogen) atoms. The molecule has 12 heteroatoms. The number of hydrogen-bond donors (Lipinski definition) is 4. The summed E-state index contributed by atoms with van der Waals surface area (Å²) in [5.74, 6) is -1.91. The smallest absolute Gasteiger partial charge is 0.325 e. The van der Waals surface area contributed by atoms with Crippen LogP contribution in [0.2, 0.25) is 0 Å². The first kappa shape index (κ1) is 34.9.